The van der Waals surface area contributed by atoms with E-state index in [2.05, 4.69) is 4.74 Å². The van der Waals surface area contributed by atoms with Crippen LogP contribution in [-0.4, -0.2) is 23.8 Å². The van der Waals surface area contributed by atoms with E-state index in [1.807, 2.05) is 6.92 Å². The Balaban J connectivity index is 2.72. The first-order valence-electron chi connectivity index (χ1n) is 3.31. The van der Waals surface area contributed by atoms with Crippen molar-refractivity contribution in [3.05, 3.63) is 11.6 Å². The molecule has 0 aliphatic carbocycles. The van der Waals surface area contributed by atoms with E-state index in [-0.39, 0.29) is 12.6 Å². The summed E-state index contributed by atoms with van der Waals surface area (Å²) in [5.74, 6) is -0.380. The number of hydrogen-bond acceptors (Lipinski definition) is 3. The quantitative estimate of drug-likeness (QED) is 0.421. The van der Waals surface area contributed by atoms with Crippen LogP contribution in [0.3, 0.4) is 0 Å². The lowest BCUT2D eigenvalue weighted by molar-refractivity contribution is -0.135. The van der Waals surface area contributed by atoms with Crippen LogP contribution in [0.25, 0.3) is 0 Å². The molecule has 0 aromatic carbocycles. The Hall–Kier alpha value is -0.830. The number of aliphatic hydroxyl groups excluding tert-OH is 1. The molecule has 3 nitrogen and oxygen atoms in total. The van der Waals surface area contributed by atoms with Gasteiger partial charge >= 0.3 is 5.97 Å². The van der Waals surface area contributed by atoms with E-state index < -0.39 is 6.10 Å². The maximum absolute atomic E-state index is 10.7. The van der Waals surface area contributed by atoms with E-state index in [4.69, 9.17) is 5.11 Å². The highest BCUT2D eigenvalue weighted by molar-refractivity contribution is 5.91. The number of esters is 1. The van der Waals surface area contributed by atoms with Crippen molar-refractivity contribution in [1.29, 1.82) is 0 Å². The summed E-state index contributed by atoms with van der Waals surface area (Å²) >= 11 is 0. The van der Waals surface area contributed by atoms with Gasteiger partial charge in [0.05, 0.1) is 5.57 Å². The Labute approximate surface area is 59.3 Å². The highest BCUT2D eigenvalue weighted by atomic mass is 16.6. The molecule has 0 radical (unpaired) electrons. The predicted octanol–water partition coefficient (Wildman–Crippen LogP) is 0.240. The zero-order chi connectivity index (χ0) is 7.56. The average Bonchev–Trinajstić information content (AvgIpc) is 2.20. The molecule has 1 saturated heterocycles. The van der Waals surface area contributed by atoms with Gasteiger partial charge in [-0.3, -0.25) is 0 Å². The molecule has 1 unspecified atom stereocenters. The molecule has 1 aliphatic rings. The number of aliphatic hydroxyl groups is 1. The van der Waals surface area contributed by atoms with Crippen LogP contribution in [0.5, 0.6) is 0 Å². The molecule has 1 heterocycles. The molecular formula is C7H10O3. The SMILES string of the molecule is CC/C=C1/C(=O)OCC1O. The van der Waals surface area contributed by atoms with Gasteiger partial charge in [0.2, 0.25) is 0 Å². The Morgan fingerprint density at radius 1 is 1.90 bits per heavy atom. The summed E-state index contributed by atoms with van der Waals surface area (Å²) in [6.45, 7) is 2.02. The molecule has 1 aliphatic heterocycles. The van der Waals surface area contributed by atoms with Crippen LogP contribution in [0.4, 0.5) is 0 Å². The van der Waals surface area contributed by atoms with Gasteiger partial charge in [-0.05, 0) is 6.42 Å². The standard InChI is InChI=1S/C7H10O3/c1-2-3-5-6(8)4-10-7(5)9/h3,6,8H,2,4H2,1H3/b5-3+. The number of carbonyl (C=O) groups is 1. The second-order valence-electron chi connectivity index (χ2n) is 2.18. The second kappa shape index (κ2) is 2.84. The molecule has 56 valence electrons. The summed E-state index contributed by atoms with van der Waals surface area (Å²) < 4.78 is 4.57. The molecule has 0 saturated carbocycles. The maximum Gasteiger partial charge on any atom is 0.336 e. The Kier molecular flexibility index (Phi) is 2.06. The van der Waals surface area contributed by atoms with Crippen molar-refractivity contribution in [3.63, 3.8) is 0 Å². The van der Waals surface area contributed by atoms with Gasteiger partial charge < -0.3 is 9.84 Å². The fourth-order valence-corrected chi connectivity index (χ4v) is 0.903. The van der Waals surface area contributed by atoms with Crippen LogP contribution in [0.15, 0.2) is 11.6 Å². The number of cyclic esters (lactones) is 1. The largest absolute Gasteiger partial charge is 0.459 e. The molecule has 1 fully saturated rings. The molecule has 10 heavy (non-hydrogen) atoms. The number of ether oxygens (including phenoxy) is 1. The van der Waals surface area contributed by atoms with Gasteiger partial charge in [0, 0.05) is 0 Å². The molecule has 1 rings (SSSR count). The fraction of sp³-hybridized carbons (Fsp3) is 0.571. The van der Waals surface area contributed by atoms with Crippen LogP contribution in [-0.2, 0) is 9.53 Å². The first-order chi connectivity index (χ1) is 4.75. The van der Waals surface area contributed by atoms with Crippen molar-refractivity contribution in [3.8, 4) is 0 Å². The van der Waals surface area contributed by atoms with Crippen molar-refractivity contribution in [1.82, 2.24) is 0 Å². The monoisotopic (exact) mass is 142 g/mol. The zero-order valence-electron chi connectivity index (χ0n) is 5.83. The second-order valence-corrected chi connectivity index (χ2v) is 2.18. The molecule has 1 atom stereocenters. The van der Waals surface area contributed by atoms with E-state index in [9.17, 15) is 4.79 Å². The third-order valence-electron chi connectivity index (χ3n) is 1.39. The van der Waals surface area contributed by atoms with Gasteiger partial charge in [0.25, 0.3) is 0 Å². The Bertz CT molecular complexity index is 172. The third-order valence-corrected chi connectivity index (χ3v) is 1.39. The van der Waals surface area contributed by atoms with Gasteiger partial charge in [-0.25, -0.2) is 4.79 Å². The molecular weight excluding hydrogens is 132 g/mol. The highest BCUT2D eigenvalue weighted by Gasteiger charge is 2.27. The lowest BCUT2D eigenvalue weighted by Gasteiger charge is -1.94. The Morgan fingerprint density at radius 3 is 3.00 bits per heavy atom. The van der Waals surface area contributed by atoms with Crippen molar-refractivity contribution >= 4 is 5.97 Å². The van der Waals surface area contributed by atoms with E-state index in [1.54, 1.807) is 6.08 Å². The molecule has 0 bridgehead atoms. The zero-order valence-corrected chi connectivity index (χ0v) is 5.83. The van der Waals surface area contributed by atoms with Crippen molar-refractivity contribution < 1.29 is 14.6 Å². The van der Waals surface area contributed by atoms with E-state index in [0.29, 0.717) is 5.57 Å². The van der Waals surface area contributed by atoms with Crippen LogP contribution in [0.1, 0.15) is 13.3 Å². The minimum absolute atomic E-state index is 0.116. The van der Waals surface area contributed by atoms with Crippen molar-refractivity contribution in [2.75, 3.05) is 6.61 Å². The molecule has 0 aromatic heterocycles. The highest BCUT2D eigenvalue weighted by Crippen LogP contribution is 2.14. The smallest absolute Gasteiger partial charge is 0.336 e. The summed E-state index contributed by atoms with van der Waals surface area (Å²) in [6, 6.07) is 0. The predicted molar refractivity (Wildman–Crippen MR) is 35.3 cm³/mol. The summed E-state index contributed by atoms with van der Waals surface area (Å²) in [5, 5.41) is 9.08. The molecule has 3 heteroatoms. The molecule has 1 N–H and O–H groups in total. The summed E-state index contributed by atoms with van der Waals surface area (Å²) in [6.07, 6.45) is 1.74. The van der Waals surface area contributed by atoms with Crippen LogP contribution >= 0.6 is 0 Å². The van der Waals surface area contributed by atoms with E-state index in [1.165, 1.54) is 0 Å². The molecule has 0 amide bonds. The Morgan fingerprint density at radius 2 is 2.60 bits per heavy atom. The maximum atomic E-state index is 10.7. The number of carbonyl (C=O) groups excluding carboxylic acids is 1. The topological polar surface area (TPSA) is 46.5 Å². The van der Waals surface area contributed by atoms with Gasteiger partial charge in [0.1, 0.15) is 12.7 Å². The van der Waals surface area contributed by atoms with Crippen LogP contribution in [0, 0.1) is 0 Å². The van der Waals surface area contributed by atoms with Gasteiger partial charge in [-0.2, -0.15) is 0 Å². The normalized spacial score (nSPS) is 29.2. The molecule has 0 spiro atoms. The van der Waals surface area contributed by atoms with Gasteiger partial charge in [0.15, 0.2) is 0 Å². The van der Waals surface area contributed by atoms with E-state index >= 15 is 0 Å². The van der Waals surface area contributed by atoms with Crippen LogP contribution < -0.4 is 0 Å². The third kappa shape index (κ3) is 1.19. The van der Waals surface area contributed by atoms with Crippen molar-refractivity contribution in [2.24, 2.45) is 0 Å². The lowest BCUT2D eigenvalue weighted by atomic mass is 10.1. The summed E-state index contributed by atoms with van der Waals surface area (Å²) in [7, 11) is 0. The number of rotatable bonds is 1. The first-order valence-corrected chi connectivity index (χ1v) is 3.31. The minimum atomic E-state index is -0.701. The van der Waals surface area contributed by atoms with Gasteiger partial charge in [-0.15, -0.1) is 0 Å². The summed E-state index contributed by atoms with van der Waals surface area (Å²) in [5.41, 5.74) is 0.405. The molecule has 0 aromatic rings. The van der Waals surface area contributed by atoms with Crippen molar-refractivity contribution in [2.45, 2.75) is 19.4 Å². The van der Waals surface area contributed by atoms with E-state index in [0.717, 1.165) is 6.42 Å². The number of hydrogen-bond donors (Lipinski definition) is 1. The average molecular weight is 142 g/mol. The van der Waals surface area contributed by atoms with Crippen LogP contribution in [0.2, 0.25) is 0 Å². The summed E-state index contributed by atoms with van der Waals surface area (Å²) in [4.78, 5) is 10.7. The number of allylic oxidation sites excluding steroid dienone is 1. The lowest BCUT2D eigenvalue weighted by Crippen LogP contribution is -2.08. The van der Waals surface area contributed by atoms with Gasteiger partial charge in [-0.1, -0.05) is 13.0 Å². The fourth-order valence-electron chi connectivity index (χ4n) is 0.903. The first kappa shape index (κ1) is 7.28. The minimum Gasteiger partial charge on any atom is -0.459 e.